The van der Waals surface area contributed by atoms with Crippen LogP contribution < -0.4 is 0 Å². The molecule has 0 atom stereocenters. The first-order chi connectivity index (χ1) is 8.54. The van der Waals surface area contributed by atoms with Crippen molar-refractivity contribution in [2.75, 3.05) is 6.61 Å². The van der Waals surface area contributed by atoms with Gasteiger partial charge < -0.3 is 4.74 Å². The van der Waals surface area contributed by atoms with E-state index in [0.29, 0.717) is 6.61 Å². The average Bonchev–Trinajstić information content (AvgIpc) is 2.31. The molecule has 1 rings (SSSR count). The molecule has 0 spiro atoms. The molecular weight excluding hydrogens is 260 g/mol. The van der Waals surface area contributed by atoms with Gasteiger partial charge in [-0.15, -0.1) is 0 Å². The smallest absolute Gasteiger partial charge is 0.309 e. The highest BCUT2D eigenvalue weighted by Gasteiger charge is 2.13. The number of esters is 1. The summed E-state index contributed by atoms with van der Waals surface area (Å²) >= 11 is 5.62. The quantitative estimate of drug-likeness (QED) is 0.466. The lowest BCUT2D eigenvalue weighted by atomic mass is 10.2. The molecule has 0 unspecified atom stereocenters. The Morgan fingerprint density at radius 1 is 1.67 bits per heavy atom. The van der Waals surface area contributed by atoms with Gasteiger partial charge >= 0.3 is 5.97 Å². The second-order valence-electron chi connectivity index (χ2n) is 3.23. The Kier molecular flexibility index (Phi) is 5.26. The number of halogens is 1. The van der Waals surface area contributed by atoms with E-state index in [1.165, 1.54) is 24.4 Å². The third-order valence-electron chi connectivity index (χ3n) is 1.93. The second kappa shape index (κ2) is 6.70. The van der Waals surface area contributed by atoms with E-state index in [0.717, 1.165) is 0 Å². The van der Waals surface area contributed by atoms with Gasteiger partial charge in [0.1, 0.15) is 5.69 Å². The SMILES string of the molecule is CCOC(=O)CC=Cc1ncc(Cl)cc1[N+](=O)[O-]. The standard InChI is InChI=1S/C11H11ClN2O4/c1-2-18-11(15)5-3-4-9-10(14(16)17)6-8(12)7-13-9/h3-4,6-7H,2,5H2,1H3. The van der Waals surface area contributed by atoms with Gasteiger partial charge in [-0.2, -0.15) is 0 Å². The van der Waals surface area contributed by atoms with E-state index in [1.54, 1.807) is 6.92 Å². The number of hydrogen-bond donors (Lipinski definition) is 0. The number of rotatable bonds is 5. The van der Waals surface area contributed by atoms with E-state index in [9.17, 15) is 14.9 Å². The summed E-state index contributed by atoms with van der Waals surface area (Å²) in [5, 5.41) is 10.9. The minimum Gasteiger partial charge on any atom is -0.466 e. The molecular formula is C11H11ClN2O4. The van der Waals surface area contributed by atoms with Crippen molar-refractivity contribution in [3.05, 3.63) is 39.2 Å². The summed E-state index contributed by atoms with van der Waals surface area (Å²) in [7, 11) is 0. The molecule has 0 saturated heterocycles. The fourth-order valence-electron chi connectivity index (χ4n) is 1.20. The molecule has 0 amide bonds. The minimum absolute atomic E-state index is 0.0370. The molecule has 0 saturated carbocycles. The van der Waals surface area contributed by atoms with Gasteiger partial charge in [0.15, 0.2) is 0 Å². The van der Waals surface area contributed by atoms with Crippen LogP contribution in [0.2, 0.25) is 5.02 Å². The third kappa shape index (κ3) is 4.14. The molecule has 0 aromatic carbocycles. The maximum absolute atomic E-state index is 11.1. The van der Waals surface area contributed by atoms with Gasteiger partial charge in [0, 0.05) is 12.3 Å². The number of nitro groups is 1. The fraction of sp³-hybridized carbons (Fsp3) is 0.273. The Bertz CT molecular complexity index is 488. The summed E-state index contributed by atoms with van der Waals surface area (Å²) in [4.78, 5) is 25.1. The van der Waals surface area contributed by atoms with E-state index in [4.69, 9.17) is 16.3 Å². The van der Waals surface area contributed by atoms with Crippen molar-refractivity contribution < 1.29 is 14.5 Å². The summed E-state index contributed by atoms with van der Waals surface area (Å²) in [6.07, 6.45) is 4.19. The monoisotopic (exact) mass is 270 g/mol. The zero-order valence-electron chi connectivity index (χ0n) is 9.63. The Morgan fingerprint density at radius 2 is 2.39 bits per heavy atom. The van der Waals surface area contributed by atoms with Gasteiger partial charge in [-0.05, 0) is 13.0 Å². The lowest BCUT2D eigenvalue weighted by molar-refractivity contribution is -0.385. The number of aromatic nitrogens is 1. The molecule has 1 heterocycles. The van der Waals surface area contributed by atoms with Gasteiger partial charge in [-0.3, -0.25) is 14.9 Å². The first kappa shape index (κ1) is 14.1. The third-order valence-corrected chi connectivity index (χ3v) is 2.13. The molecule has 1 aromatic heterocycles. The van der Waals surface area contributed by atoms with Crippen LogP contribution in [-0.4, -0.2) is 22.5 Å². The Morgan fingerprint density at radius 3 is 3.00 bits per heavy atom. The van der Waals surface area contributed by atoms with E-state index < -0.39 is 10.9 Å². The second-order valence-corrected chi connectivity index (χ2v) is 3.66. The van der Waals surface area contributed by atoms with Crippen LogP contribution in [-0.2, 0) is 9.53 Å². The molecule has 0 aliphatic carbocycles. The van der Waals surface area contributed by atoms with Crippen molar-refractivity contribution >= 4 is 29.3 Å². The molecule has 96 valence electrons. The molecule has 0 radical (unpaired) electrons. The number of pyridine rings is 1. The number of ether oxygens (including phenoxy) is 1. The van der Waals surface area contributed by atoms with Crippen molar-refractivity contribution in [2.45, 2.75) is 13.3 Å². The summed E-state index contributed by atoms with van der Waals surface area (Å²) in [5.41, 5.74) is -0.0590. The van der Waals surface area contributed by atoms with E-state index in [2.05, 4.69) is 4.98 Å². The Hall–Kier alpha value is -1.95. The van der Waals surface area contributed by atoms with Crippen LogP contribution in [0, 0.1) is 10.1 Å². The predicted octanol–water partition coefficient (Wildman–Crippen LogP) is 2.61. The summed E-state index contributed by atoms with van der Waals surface area (Å²) in [5.74, 6) is -0.398. The maximum Gasteiger partial charge on any atom is 0.309 e. The molecule has 6 nitrogen and oxygen atoms in total. The normalized spacial score (nSPS) is 10.6. The highest BCUT2D eigenvalue weighted by atomic mass is 35.5. The minimum atomic E-state index is -0.580. The molecule has 0 fully saturated rings. The number of hydrogen-bond acceptors (Lipinski definition) is 5. The molecule has 0 bridgehead atoms. The zero-order chi connectivity index (χ0) is 13.5. The van der Waals surface area contributed by atoms with Gasteiger partial charge in [0.25, 0.3) is 5.69 Å². The average molecular weight is 271 g/mol. The molecule has 7 heteroatoms. The summed E-state index contributed by atoms with van der Waals surface area (Å²) in [6.45, 7) is 2.00. The first-order valence-corrected chi connectivity index (χ1v) is 5.54. The van der Waals surface area contributed by atoms with Crippen LogP contribution in [0.3, 0.4) is 0 Å². The maximum atomic E-state index is 11.1. The Balaban J connectivity index is 2.81. The number of carbonyl (C=O) groups excluding carboxylic acids is 1. The zero-order valence-corrected chi connectivity index (χ0v) is 10.4. The van der Waals surface area contributed by atoms with Crippen LogP contribution >= 0.6 is 11.6 Å². The first-order valence-electron chi connectivity index (χ1n) is 5.16. The van der Waals surface area contributed by atoms with Gasteiger partial charge in [0.05, 0.1) is 23.0 Å². The van der Waals surface area contributed by atoms with Crippen LogP contribution in [0.25, 0.3) is 6.08 Å². The van der Waals surface area contributed by atoms with Gasteiger partial charge in [-0.25, -0.2) is 4.98 Å². The molecule has 0 aliphatic rings. The number of nitrogens with zero attached hydrogens (tertiary/aromatic N) is 2. The van der Waals surface area contributed by atoms with E-state index in [-0.39, 0.29) is 22.8 Å². The molecule has 0 aliphatic heterocycles. The van der Waals surface area contributed by atoms with Gasteiger partial charge in [-0.1, -0.05) is 17.7 Å². The van der Waals surface area contributed by atoms with Crippen molar-refractivity contribution in [1.82, 2.24) is 4.98 Å². The lowest BCUT2D eigenvalue weighted by Gasteiger charge is -1.98. The van der Waals surface area contributed by atoms with Crippen LogP contribution in [0.15, 0.2) is 18.3 Å². The van der Waals surface area contributed by atoms with Crippen molar-refractivity contribution in [2.24, 2.45) is 0 Å². The predicted molar refractivity (Wildman–Crippen MR) is 66.2 cm³/mol. The van der Waals surface area contributed by atoms with Crippen molar-refractivity contribution in [3.8, 4) is 0 Å². The van der Waals surface area contributed by atoms with Crippen LogP contribution in [0.4, 0.5) is 5.69 Å². The molecule has 18 heavy (non-hydrogen) atoms. The number of carbonyl (C=O) groups is 1. The molecule has 1 aromatic rings. The fourth-order valence-corrected chi connectivity index (χ4v) is 1.35. The van der Waals surface area contributed by atoms with E-state index >= 15 is 0 Å². The van der Waals surface area contributed by atoms with Crippen LogP contribution in [0.5, 0.6) is 0 Å². The topological polar surface area (TPSA) is 82.3 Å². The lowest BCUT2D eigenvalue weighted by Crippen LogP contribution is -2.01. The Labute approximate surface area is 108 Å². The highest BCUT2D eigenvalue weighted by Crippen LogP contribution is 2.21. The highest BCUT2D eigenvalue weighted by molar-refractivity contribution is 6.30. The molecule has 0 N–H and O–H groups in total. The van der Waals surface area contributed by atoms with Crippen molar-refractivity contribution in [3.63, 3.8) is 0 Å². The van der Waals surface area contributed by atoms with Crippen LogP contribution in [0.1, 0.15) is 19.0 Å². The van der Waals surface area contributed by atoms with E-state index in [1.807, 2.05) is 0 Å². The largest absolute Gasteiger partial charge is 0.466 e. The van der Waals surface area contributed by atoms with Crippen molar-refractivity contribution in [1.29, 1.82) is 0 Å². The van der Waals surface area contributed by atoms with Gasteiger partial charge in [0.2, 0.25) is 0 Å². The summed E-state index contributed by atoms with van der Waals surface area (Å²) in [6, 6.07) is 1.21. The summed E-state index contributed by atoms with van der Waals surface area (Å²) < 4.78 is 4.71.